The molecule has 1 aliphatic heterocycles. The zero-order valence-corrected chi connectivity index (χ0v) is 17.3. The van der Waals surface area contributed by atoms with E-state index < -0.39 is 4.92 Å². The van der Waals surface area contributed by atoms with Gasteiger partial charge in [-0.1, -0.05) is 29.8 Å². The van der Waals surface area contributed by atoms with Gasteiger partial charge in [-0.3, -0.25) is 24.6 Å². The van der Waals surface area contributed by atoms with E-state index in [1.54, 1.807) is 0 Å². The van der Waals surface area contributed by atoms with Gasteiger partial charge >= 0.3 is 0 Å². The van der Waals surface area contributed by atoms with Crippen LogP contribution in [0.4, 0.5) is 11.4 Å². The molecule has 0 bridgehead atoms. The van der Waals surface area contributed by atoms with Gasteiger partial charge in [0.2, 0.25) is 5.91 Å². The summed E-state index contributed by atoms with van der Waals surface area (Å²) in [6.07, 6.45) is 1.49. The molecule has 0 atom stereocenters. The summed E-state index contributed by atoms with van der Waals surface area (Å²) in [5.74, 6) is -0.331. The Kier molecular flexibility index (Phi) is 7.02. The van der Waals surface area contributed by atoms with E-state index in [2.05, 4.69) is 10.6 Å². The first-order chi connectivity index (χ1) is 14.3. The molecule has 2 amide bonds. The molecule has 1 heterocycles. The van der Waals surface area contributed by atoms with E-state index in [9.17, 15) is 19.7 Å². The maximum absolute atomic E-state index is 12.4. The average Bonchev–Trinajstić information content (AvgIpc) is 2.71. The Morgan fingerprint density at radius 1 is 1.20 bits per heavy atom. The minimum Gasteiger partial charge on any atom is -0.349 e. The number of nitrogens with zero attached hydrogens (tertiary/aromatic N) is 2. The SMILES string of the molecule is Cc1ccccc1C(=O)NC1CCN(CC(=O)Nc2ccc(Cl)c([N+](=O)[O-])c2)CC1. The van der Waals surface area contributed by atoms with Gasteiger partial charge in [0.15, 0.2) is 0 Å². The smallest absolute Gasteiger partial charge is 0.289 e. The maximum atomic E-state index is 12.4. The Balaban J connectivity index is 1.47. The summed E-state index contributed by atoms with van der Waals surface area (Å²) in [6.45, 7) is 3.43. The third-order valence-corrected chi connectivity index (χ3v) is 5.43. The lowest BCUT2D eigenvalue weighted by Crippen LogP contribution is -2.46. The molecule has 8 nitrogen and oxygen atoms in total. The van der Waals surface area contributed by atoms with Crippen molar-refractivity contribution in [3.05, 3.63) is 68.7 Å². The molecule has 0 saturated carbocycles. The fourth-order valence-electron chi connectivity index (χ4n) is 3.46. The van der Waals surface area contributed by atoms with Crippen LogP contribution in [0.1, 0.15) is 28.8 Å². The van der Waals surface area contributed by atoms with Crippen molar-refractivity contribution in [2.45, 2.75) is 25.8 Å². The Morgan fingerprint density at radius 3 is 2.57 bits per heavy atom. The van der Waals surface area contributed by atoms with Crippen LogP contribution in [0.3, 0.4) is 0 Å². The molecular formula is C21H23ClN4O4. The van der Waals surface area contributed by atoms with Crippen LogP contribution >= 0.6 is 11.6 Å². The number of aryl methyl sites for hydroxylation is 1. The predicted molar refractivity (Wildman–Crippen MR) is 115 cm³/mol. The topological polar surface area (TPSA) is 105 Å². The first kappa shape index (κ1) is 21.7. The molecular weight excluding hydrogens is 408 g/mol. The molecule has 9 heteroatoms. The number of benzene rings is 2. The molecule has 2 aromatic carbocycles. The van der Waals surface area contributed by atoms with E-state index in [0.717, 1.165) is 18.4 Å². The summed E-state index contributed by atoms with van der Waals surface area (Å²) in [4.78, 5) is 37.1. The number of rotatable bonds is 6. The minimum absolute atomic E-state index is 0.0211. The van der Waals surface area contributed by atoms with Crippen molar-refractivity contribution in [3.63, 3.8) is 0 Å². The van der Waals surface area contributed by atoms with E-state index in [1.165, 1.54) is 18.2 Å². The van der Waals surface area contributed by atoms with E-state index >= 15 is 0 Å². The molecule has 0 unspecified atom stereocenters. The number of carbonyl (C=O) groups is 2. The molecule has 2 aromatic rings. The monoisotopic (exact) mass is 430 g/mol. The molecule has 3 rings (SSSR count). The van der Waals surface area contributed by atoms with Crippen molar-refractivity contribution >= 4 is 34.8 Å². The zero-order chi connectivity index (χ0) is 21.7. The molecule has 2 N–H and O–H groups in total. The van der Waals surface area contributed by atoms with Crippen LogP contribution in [0.15, 0.2) is 42.5 Å². The number of likely N-dealkylation sites (tertiary alicyclic amines) is 1. The van der Waals surface area contributed by atoms with Crippen LogP contribution in [-0.4, -0.2) is 47.3 Å². The van der Waals surface area contributed by atoms with E-state index in [4.69, 9.17) is 11.6 Å². The lowest BCUT2D eigenvalue weighted by atomic mass is 10.0. The second kappa shape index (κ2) is 9.69. The lowest BCUT2D eigenvalue weighted by Gasteiger charge is -2.32. The number of amides is 2. The fraction of sp³-hybridized carbons (Fsp3) is 0.333. The molecule has 1 fully saturated rings. The molecule has 1 saturated heterocycles. The van der Waals surface area contributed by atoms with E-state index in [-0.39, 0.29) is 35.1 Å². The molecule has 30 heavy (non-hydrogen) atoms. The van der Waals surface area contributed by atoms with Gasteiger partial charge in [-0.2, -0.15) is 0 Å². The van der Waals surface area contributed by atoms with Crippen molar-refractivity contribution in [1.29, 1.82) is 0 Å². The minimum atomic E-state index is -0.589. The van der Waals surface area contributed by atoms with Crippen molar-refractivity contribution in [2.75, 3.05) is 25.0 Å². The van der Waals surface area contributed by atoms with Crippen molar-refractivity contribution in [1.82, 2.24) is 10.2 Å². The quantitative estimate of drug-likeness (QED) is 0.540. The molecule has 0 spiro atoms. The number of piperidine rings is 1. The van der Waals surface area contributed by atoms with Gasteiger partial charge in [0.1, 0.15) is 5.02 Å². The summed E-state index contributed by atoms with van der Waals surface area (Å²) >= 11 is 5.79. The lowest BCUT2D eigenvalue weighted by molar-refractivity contribution is -0.384. The summed E-state index contributed by atoms with van der Waals surface area (Å²) in [5, 5.41) is 16.7. The number of hydrogen-bond acceptors (Lipinski definition) is 5. The summed E-state index contributed by atoms with van der Waals surface area (Å²) in [7, 11) is 0. The highest BCUT2D eigenvalue weighted by molar-refractivity contribution is 6.32. The van der Waals surface area contributed by atoms with Crippen LogP contribution in [0.5, 0.6) is 0 Å². The first-order valence-electron chi connectivity index (χ1n) is 9.66. The first-order valence-corrected chi connectivity index (χ1v) is 10.0. The number of nitro benzene ring substituents is 1. The Morgan fingerprint density at radius 2 is 1.90 bits per heavy atom. The number of nitro groups is 1. The van der Waals surface area contributed by atoms with Crippen LogP contribution < -0.4 is 10.6 Å². The highest BCUT2D eigenvalue weighted by atomic mass is 35.5. The molecule has 0 aliphatic carbocycles. The molecule has 158 valence electrons. The van der Waals surface area contributed by atoms with Gasteiger partial charge in [0.25, 0.3) is 11.6 Å². The second-order valence-corrected chi connectivity index (χ2v) is 7.72. The van der Waals surface area contributed by atoms with Crippen LogP contribution in [0, 0.1) is 17.0 Å². The Hall–Kier alpha value is -2.97. The summed E-state index contributed by atoms with van der Waals surface area (Å²) in [5.41, 5.74) is 1.69. The third-order valence-electron chi connectivity index (χ3n) is 5.11. The zero-order valence-electron chi connectivity index (χ0n) is 16.6. The van der Waals surface area contributed by atoms with E-state index in [0.29, 0.717) is 24.3 Å². The Labute approximate surface area is 179 Å². The highest BCUT2D eigenvalue weighted by Gasteiger charge is 2.23. The fourth-order valence-corrected chi connectivity index (χ4v) is 3.65. The van der Waals surface area contributed by atoms with Crippen LogP contribution in [0.2, 0.25) is 5.02 Å². The van der Waals surface area contributed by atoms with Crippen LogP contribution in [-0.2, 0) is 4.79 Å². The van der Waals surface area contributed by atoms with Gasteiger partial charge in [0.05, 0.1) is 11.5 Å². The number of carbonyl (C=O) groups excluding carboxylic acids is 2. The highest BCUT2D eigenvalue weighted by Crippen LogP contribution is 2.27. The van der Waals surface area contributed by atoms with Crippen molar-refractivity contribution in [2.24, 2.45) is 0 Å². The molecule has 0 radical (unpaired) electrons. The largest absolute Gasteiger partial charge is 0.349 e. The Bertz CT molecular complexity index is 958. The van der Waals surface area contributed by atoms with Crippen molar-refractivity contribution < 1.29 is 14.5 Å². The van der Waals surface area contributed by atoms with Gasteiger partial charge in [-0.15, -0.1) is 0 Å². The standard InChI is InChI=1S/C21H23ClN4O4/c1-14-4-2-3-5-17(14)21(28)24-15-8-10-25(11-9-15)13-20(27)23-16-6-7-18(22)19(12-16)26(29)30/h2-7,12,15H,8-11,13H2,1H3,(H,23,27)(H,24,28). The van der Waals surface area contributed by atoms with Gasteiger partial charge in [0, 0.05) is 36.4 Å². The van der Waals surface area contributed by atoms with Gasteiger partial charge in [-0.05, 0) is 43.5 Å². The average molecular weight is 431 g/mol. The number of hydrogen-bond donors (Lipinski definition) is 2. The number of halogens is 1. The summed E-state index contributed by atoms with van der Waals surface area (Å²) < 4.78 is 0. The van der Waals surface area contributed by atoms with E-state index in [1.807, 2.05) is 36.1 Å². The second-order valence-electron chi connectivity index (χ2n) is 7.31. The normalized spacial score (nSPS) is 14.9. The number of anilines is 1. The predicted octanol–water partition coefficient (Wildman–Crippen LogP) is 3.39. The van der Waals surface area contributed by atoms with Crippen molar-refractivity contribution in [3.8, 4) is 0 Å². The number of nitrogens with one attached hydrogen (secondary N) is 2. The van der Waals surface area contributed by atoms with Gasteiger partial charge < -0.3 is 10.6 Å². The van der Waals surface area contributed by atoms with Crippen LogP contribution in [0.25, 0.3) is 0 Å². The molecule has 1 aliphatic rings. The van der Waals surface area contributed by atoms with Gasteiger partial charge in [-0.25, -0.2) is 0 Å². The summed E-state index contributed by atoms with van der Waals surface area (Å²) in [6, 6.07) is 11.7. The third kappa shape index (κ3) is 5.55. The molecule has 0 aromatic heterocycles. The maximum Gasteiger partial charge on any atom is 0.289 e.